The molecule has 98 valence electrons. The maximum atomic E-state index is 10.5. The van der Waals surface area contributed by atoms with E-state index in [4.69, 9.17) is 11.6 Å². The summed E-state index contributed by atoms with van der Waals surface area (Å²) >= 11 is 7.23. The highest BCUT2D eigenvalue weighted by atomic mass is 35.5. The van der Waals surface area contributed by atoms with Crippen molar-refractivity contribution in [1.82, 2.24) is 19.4 Å². The summed E-state index contributed by atoms with van der Waals surface area (Å²) in [5.41, 5.74) is 1.18. The van der Waals surface area contributed by atoms with Crippen LogP contribution in [0.5, 0.6) is 0 Å². The SMILES string of the molecule is Cn1ncc(Cl)c1C(O)c1snnc1C(C)(C)C. The molecule has 0 aliphatic heterocycles. The van der Waals surface area contributed by atoms with Gasteiger partial charge in [-0.25, -0.2) is 0 Å². The van der Waals surface area contributed by atoms with Crippen LogP contribution < -0.4 is 0 Å². The summed E-state index contributed by atoms with van der Waals surface area (Å²) in [6, 6.07) is 0. The Kier molecular flexibility index (Phi) is 3.44. The molecule has 1 unspecified atom stereocenters. The Balaban J connectivity index is 2.48. The van der Waals surface area contributed by atoms with Gasteiger partial charge in [-0.1, -0.05) is 36.9 Å². The van der Waals surface area contributed by atoms with Gasteiger partial charge in [0.2, 0.25) is 0 Å². The van der Waals surface area contributed by atoms with Crippen LogP contribution in [-0.2, 0) is 12.5 Å². The molecule has 2 rings (SSSR count). The van der Waals surface area contributed by atoms with Crippen LogP contribution in [0.4, 0.5) is 0 Å². The van der Waals surface area contributed by atoms with Crippen molar-refractivity contribution in [3.05, 3.63) is 27.5 Å². The molecule has 7 heteroatoms. The normalized spacial score (nSPS) is 13.9. The Bertz CT molecular complexity index is 538. The molecule has 0 saturated carbocycles. The fraction of sp³-hybridized carbons (Fsp3) is 0.545. The van der Waals surface area contributed by atoms with E-state index in [-0.39, 0.29) is 5.41 Å². The van der Waals surface area contributed by atoms with Crippen LogP contribution in [0.15, 0.2) is 6.20 Å². The highest BCUT2D eigenvalue weighted by Gasteiger charge is 2.29. The monoisotopic (exact) mass is 286 g/mol. The average Bonchev–Trinajstić information content (AvgIpc) is 2.84. The van der Waals surface area contributed by atoms with Crippen LogP contribution in [0.2, 0.25) is 5.02 Å². The average molecular weight is 287 g/mol. The Morgan fingerprint density at radius 2 is 2.11 bits per heavy atom. The molecule has 0 spiro atoms. The first kappa shape index (κ1) is 13.5. The number of nitrogens with zero attached hydrogens (tertiary/aromatic N) is 4. The molecule has 0 amide bonds. The molecular formula is C11H15ClN4OS. The van der Waals surface area contributed by atoms with E-state index < -0.39 is 6.10 Å². The van der Waals surface area contributed by atoms with Gasteiger partial charge in [0.1, 0.15) is 6.10 Å². The van der Waals surface area contributed by atoms with Gasteiger partial charge < -0.3 is 5.11 Å². The minimum Gasteiger partial charge on any atom is -0.381 e. The third-order valence-corrected chi connectivity index (χ3v) is 3.74. The van der Waals surface area contributed by atoms with Gasteiger partial charge in [0.25, 0.3) is 0 Å². The van der Waals surface area contributed by atoms with Gasteiger partial charge in [-0.15, -0.1) is 5.10 Å². The zero-order chi connectivity index (χ0) is 13.5. The number of hydrogen-bond donors (Lipinski definition) is 1. The molecule has 18 heavy (non-hydrogen) atoms. The fourth-order valence-electron chi connectivity index (χ4n) is 1.75. The number of halogens is 1. The molecule has 0 radical (unpaired) electrons. The molecule has 0 bridgehead atoms. The maximum Gasteiger partial charge on any atom is 0.135 e. The van der Waals surface area contributed by atoms with Crippen LogP contribution in [0.3, 0.4) is 0 Å². The second kappa shape index (κ2) is 4.60. The third-order valence-electron chi connectivity index (χ3n) is 2.67. The molecule has 5 nitrogen and oxygen atoms in total. The highest BCUT2D eigenvalue weighted by Crippen LogP contribution is 2.35. The van der Waals surface area contributed by atoms with Gasteiger partial charge in [-0.2, -0.15) is 5.10 Å². The second-order valence-electron chi connectivity index (χ2n) is 5.14. The maximum absolute atomic E-state index is 10.5. The quantitative estimate of drug-likeness (QED) is 0.920. The van der Waals surface area contributed by atoms with Gasteiger partial charge in [-0.05, 0) is 11.5 Å². The molecule has 2 aromatic rings. The number of aryl methyl sites for hydroxylation is 1. The number of aliphatic hydroxyl groups is 1. The minimum atomic E-state index is -0.848. The van der Waals surface area contributed by atoms with Crippen LogP contribution in [0, 0.1) is 0 Å². The van der Waals surface area contributed by atoms with Gasteiger partial charge in [-0.3, -0.25) is 4.68 Å². The van der Waals surface area contributed by atoms with E-state index in [1.807, 2.05) is 20.8 Å². The lowest BCUT2D eigenvalue weighted by Crippen LogP contribution is -2.17. The van der Waals surface area contributed by atoms with E-state index in [9.17, 15) is 5.11 Å². The van der Waals surface area contributed by atoms with E-state index in [1.54, 1.807) is 11.7 Å². The fourth-order valence-corrected chi connectivity index (χ4v) is 2.87. The second-order valence-corrected chi connectivity index (χ2v) is 6.33. The molecule has 1 N–H and O–H groups in total. The number of aromatic nitrogens is 4. The van der Waals surface area contributed by atoms with Crippen LogP contribution in [-0.4, -0.2) is 24.5 Å². The largest absolute Gasteiger partial charge is 0.381 e. The lowest BCUT2D eigenvalue weighted by atomic mass is 9.90. The summed E-state index contributed by atoms with van der Waals surface area (Å²) in [6.07, 6.45) is 0.671. The van der Waals surface area contributed by atoms with E-state index in [0.717, 1.165) is 5.69 Å². The van der Waals surface area contributed by atoms with Crippen molar-refractivity contribution in [2.75, 3.05) is 0 Å². The Labute approximate surface area is 115 Å². The third kappa shape index (κ3) is 2.28. The van der Waals surface area contributed by atoms with Gasteiger partial charge in [0, 0.05) is 12.5 Å². The predicted molar refractivity (Wildman–Crippen MR) is 70.9 cm³/mol. The Morgan fingerprint density at radius 3 is 2.61 bits per heavy atom. The first-order valence-corrected chi connectivity index (χ1v) is 6.65. The van der Waals surface area contributed by atoms with Crippen molar-refractivity contribution in [1.29, 1.82) is 0 Å². The van der Waals surface area contributed by atoms with Crippen LogP contribution >= 0.6 is 23.1 Å². The molecule has 2 aromatic heterocycles. The molecular weight excluding hydrogens is 272 g/mol. The van der Waals surface area contributed by atoms with Crippen molar-refractivity contribution in [3.63, 3.8) is 0 Å². The van der Waals surface area contributed by atoms with Gasteiger partial charge >= 0.3 is 0 Å². The standard InChI is InChI=1S/C11H15ClN4OS/c1-11(2,3)10-9(18-15-14-10)8(17)7-6(12)5-13-16(7)4/h5,8,17H,1-4H3. The topological polar surface area (TPSA) is 63.8 Å². The van der Waals surface area contributed by atoms with E-state index >= 15 is 0 Å². The lowest BCUT2D eigenvalue weighted by Gasteiger charge is -2.19. The number of rotatable bonds is 2. The number of hydrogen-bond acceptors (Lipinski definition) is 5. The smallest absolute Gasteiger partial charge is 0.135 e. The van der Waals surface area contributed by atoms with Gasteiger partial charge in [0.05, 0.1) is 27.5 Å². The summed E-state index contributed by atoms with van der Waals surface area (Å²) in [6.45, 7) is 6.10. The molecule has 0 saturated heterocycles. The summed E-state index contributed by atoms with van der Waals surface area (Å²) in [7, 11) is 1.75. The van der Waals surface area contributed by atoms with E-state index in [0.29, 0.717) is 15.6 Å². The molecule has 2 heterocycles. The molecule has 0 fully saturated rings. The van der Waals surface area contributed by atoms with Crippen molar-refractivity contribution in [2.45, 2.75) is 32.3 Å². The molecule has 1 atom stereocenters. The highest BCUT2D eigenvalue weighted by molar-refractivity contribution is 7.05. The lowest BCUT2D eigenvalue weighted by molar-refractivity contribution is 0.210. The zero-order valence-electron chi connectivity index (χ0n) is 10.7. The Morgan fingerprint density at radius 1 is 1.44 bits per heavy atom. The summed E-state index contributed by atoms with van der Waals surface area (Å²) in [5, 5.41) is 19.0. The first-order chi connectivity index (χ1) is 8.32. The number of aliphatic hydroxyl groups excluding tert-OH is 1. The zero-order valence-corrected chi connectivity index (χ0v) is 12.2. The van der Waals surface area contributed by atoms with E-state index in [1.165, 1.54) is 17.7 Å². The minimum absolute atomic E-state index is 0.172. The Hall–Kier alpha value is -0.980. The summed E-state index contributed by atoms with van der Waals surface area (Å²) < 4.78 is 5.51. The van der Waals surface area contributed by atoms with Crippen molar-refractivity contribution in [3.8, 4) is 0 Å². The molecule has 0 aliphatic rings. The van der Waals surface area contributed by atoms with Crippen LogP contribution in [0.1, 0.15) is 43.1 Å². The molecule has 0 aliphatic carbocycles. The van der Waals surface area contributed by atoms with E-state index in [2.05, 4.69) is 14.7 Å². The summed E-state index contributed by atoms with van der Waals surface area (Å²) in [5.74, 6) is 0. The van der Waals surface area contributed by atoms with Crippen molar-refractivity contribution in [2.24, 2.45) is 7.05 Å². The van der Waals surface area contributed by atoms with Crippen molar-refractivity contribution >= 4 is 23.1 Å². The molecule has 0 aromatic carbocycles. The van der Waals surface area contributed by atoms with Crippen molar-refractivity contribution < 1.29 is 5.11 Å². The predicted octanol–water partition coefficient (Wildman–Crippen LogP) is 2.30. The van der Waals surface area contributed by atoms with Crippen LogP contribution in [0.25, 0.3) is 0 Å². The van der Waals surface area contributed by atoms with Gasteiger partial charge in [0.15, 0.2) is 0 Å². The summed E-state index contributed by atoms with van der Waals surface area (Å²) in [4.78, 5) is 0.716. The first-order valence-electron chi connectivity index (χ1n) is 5.50.